The lowest BCUT2D eigenvalue weighted by Gasteiger charge is -2.09. The smallest absolute Gasteiger partial charge is 0.337 e. The summed E-state index contributed by atoms with van der Waals surface area (Å²) in [5.41, 5.74) is 2.18. The van der Waals surface area contributed by atoms with E-state index in [-0.39, 0.29) is 23.4 Å². The van der Waals surface area contributed by atoms with Gasteiger partial charge in [0.1, 0.15) is 11.5 Å². The van der Waals surface area contributed by atoms with Crippen molar-refractivity contribution in [2.45, 2.75) is 19.8 Å². The lowest BCUT2D eigenvalue weighted by atomic mass is 10.1. The van der Waals surface area contributed by atoms with E-state index in [0.717, 1.165) is 12.8 Å². The van der Waals surface area contributed by atoms with E-state index in [2.05, 4.69) is 4.74 Å². The van der Waals surface area contributed by atoms with E-state index in [4.69, 9.17) is 9.47 Å². The summed E-state index contributed by atoms with van der Waals surface area (Å²) >= 11 is 0. The average Bonchev–Trinajstić information content (AvgIpc) is 3.50. The van der Waals surface area contributed by atoms with Gasteiger partial charge in [0, 0.05) is 5.56 Å². The maximum Gasteiger partial charge on any atom is 0.337 e. The van der Waals surface area contributed by atoms with E-state index in [1.807, 2.05) is 0 Å². The van der Waals surface area contributed by atoms with Crippen molar-refractivity contribution in [3.05, 3.63) is 64.4 Å². The van der Waals surface area contributed by atoms with Crippen LogP contribution in [-0.4, -0.2) is 24.8 Å². The van der Waals surface area contributed by atoms with Gasteiger partial charge in [-0.05, 0) is 55.7 Å². The molecule has 0 N–H and O–H groups in total. The van der Waals surface area contributed by atoms with Crippen LogP contribution in [0.2, 0.25) is 0 Å². The summed E-state index contributed by atoms with van der Waals surface area (Å²) in [6.45, 7) is 1.76. The third kappa shape index (κ3) is 3.29. The molecule has 28 heavy (non-hydrogen) atoms. The Morgan fingerprint density at radius 2 is 1.82 bits per heavy atom. The Morgan fingerprint density at radius 3 is 2.46 bits per heavy atom. The Bertz CT molecular complexity index is 1010. The van der Waals surface area contributed by atoms with Crippen molar-refractivity contribution < 1.29 is 28.6 Å². The molecule has 2 aromatic rings. The Hall–Kier alpha value is -3.41. The Labute approximate surface area is 161 Å². The van der Waals surface area contributed by atoms with Crippen LogP contribution in [0.25, 0.3) is 6.08 Å². The van der Waals surface area contributed by atoms with Gasteiger partial charge in [0.2, 0.25) is 5.78 Å². The van der Waals surface area contributed by atoms with Crippen LogP contribution in [0.15, 0.2) is 42.2 Å². The zero-order chi connectivity index (χ0) is 19.8. The molecule has 2 aromatic carbocycles. The normalized spacial score (nSPS) is 16.5. The fourth-order valence-corrected chi connectivity index (χ4v) is 2.97. The molecule has 0 saturated heterocycles. The Kier molecular flexibility index (Phi) is 4.47. The fourth-order valence-electron chi connectivity index (χ4n) is 2.97. The van der Waals surface area contributed by atoms with Crippen LogP contribution in [0.5, 0.6) is 11.5 Å². The first kappa shape index (κ1) is 18.0. The number of hydrogen-bond acceptors (Lipinski definition) is 6. The molecular weight excluding hydrogens is 360 g/mol. The molecule has 1 fully saturated rings. The highest BCUT2D eigenvalue weighted by Crippen LogP contribution is 2.40. The molecule has 1 heterocycles. The number of rotatable bonds is 4. The van der Waals surface area contributed by atoms with Crippen LogP contribution in [0.4, 0.5) is 0 Å². The number of allylic oxidation sites excluding steroid dienone is 1. The minimum absolute atomic E-state index is 0.0152. The minimum atomic E-state index is -0.427. The van der Waals surface area contributed by atoms with Crippen LogP contribution in [0.3, 0.4) is 0 Å². The summed E-state index contributed by atoms with van der Waals surface area (Å²) in [4.78, 5) is 36.1. The van der Waals surface area contributed by atoms with Gasteiger partial charge < -0.3 is 14.2 Å². The molecule has 0 amide bonds. The number of Topliss-reactive ketones (excluding diaryl/α,β-unsaturated/α-hetero) is 1. The van der Waals surface area contributed by atoms with E-state index >= 15 is 0 Å². The maximum atomic E-state index is 12.7. The molecule has 142 valence electrons. The van der Waals surface area contributed by atoms with Crippen molar-refractivity contribution in [2.24, 2.45) is 5.92 Å². The number of benzene rings is 2. The van der Waals surface area contributed by atoms with Crippen molar-refractivity contribution in [1.82, 2.24) is 0 Å². The number of hydrogen-bond donors (Lipinski definition) is 0. The molecule has 0 bridgehead atoms. The molecule has 0 atom stereocenters. The molecule has 1 aliphatic heterocycles. The van der Waals surface area contributed by atoms with E-state index < -0.39 is 5.97 Å². The zero-order valence-electron chi connectivity index (χ0n) is 15.5. The lowest BCUT2D eigenvalue weighted by molar-refractivity contribution is -0.135. The summed E-state index contributed by atoms with van der Waals surface area (Å²) < 4.78 is 15.9. The maximum absolute atomic E-state index is 12.7. The second-order valence-corrected chi connectivity index (χ2v) is 6.81. The highest BCUT2D eigenvalue weighted by molar-refractivity contribution is 6.15. The third-order valence-electron chi connectivity index (χ3n) is 4.79. The molecule has 1 aliphatic carbocycles. The third-order valence-corrected chi connectivity index (χ3v) is 4.79. The molecule has 2 aliphatic rings. The highest BCUT2D eigenvalue weighted by atomic mass is 16.5. The number of ketones is 1. The van der Waals surface area contributed by atoms with Crippen molar-refractivity contribution in [3.8, 4) is 11.5 Å². The monoisotopic (exact) mass is 378 g/mol. The second-order valence-electron chi connectivity index (χ2n) is 6.81. The van der Waals surface area contributed by atoms with Gasteiger partial charge in [-0.3, -0.25) is 9.59 Å². The standard InChI is InChI=1S/C22H18O6/c1-12-17(28-22(25)15-7-8-15)10-9-16-19(23)18(27-20(12)16)11-13-3-5-14(6-4-13)21(24)26-2/h3-6,9-11,15H,7-8H2,1-2H3/b18-11-. The van der Waals surface area contributed by atoms with Gasteiger partial charge in [0.15, 0.2) is 5.76 Å². The van der Waals surface area contributed by atoms with Gasteiger partial charge in [-0.25, -0.2) is 4.79 Å². The van der Waals surface area contributed by atoms with Crippen LogP contribution >= 0.6 is 0 Å². The fraction of sp³-hybridized carbons (Fsp3) is 0.227. The molecule has 6 heteroatoms. The summed E-state index contributed by atoms with van der Waals surface area (Å²) in [6.07, 6.45) is 3.33. The van der Waals surface area contributed by atoms with Crippen LogP contribution in [0, 0.1) is 12.8 Å². The Balaban J connectivity index is 1.58. The van der Waals surface area contributed by atoms with Crippen LogP contribution < -0.4 is 9.47 Å². The summed E-state index contributed by atoms with van der Waals surface area (Å²) in [5, 5.41) is 0. The molecule has 0 unspecified atom stereocenters. The first-order valence-electron chi connectivity index (χ1n) is 8.96. The number of ether oxygens (including phenoxy) is 3. The zero-order valence-corrected chi connectivity index (χ0v) is 15.5. The molecule has 1 saturated carbocycles. The van der Waals surface area contributed by atoms with E-state index in [9.17, 15) is 14.4 Å². The first-order valence-corrected chi connectivity index (χ1v) is 8.96. The van der Waals surface area contributed by atoms with Crippen molar-refractivity contribution >= 4 is 23.8 Å². The van der Waals surface area contributed by atoms with Crippen LogP contribution in [-0.2, 0) is 9.53 Å². The van der Waals surface area contributed by atoms with Gasteiger partial charge in [-0.1, -0.05) is 12.1 Å². The molecule has 4 rings (SSSR count). The molecule has 0 aromatic heterocycles. The quantitative estimate of drug-likeness (QED) is 0.458. The van der Waals surface area contributed by atoms with E-state index in [1.165, 1.54) is 7.11 Å². The molecule has 6 nitrogen and oxygen atoms in total. The van der Waals surface area contributed by atoms with Gasteiger partial charge in [0.25, 0.3) is 0 Å². The van der Waals surface area contributed by atoms with E-state index in [0.29, 0.717) is 33.8 Å². The number of carbonyl (C=O) groups excluding carboxylic acids is 3. The van der Waals surface area contributed by atoms with Crippen LogP contribution in [0.1, 0.15) is 44.7 Å². The summed E-state index contributed by atoms with van der Waals surface area (Å²) in [6, 6.07) is 9.88. The second kappa shape index (κ2) is 6.96. The Morgan fingerprint density at radius 1 is 1.11 bits per heavy atom. The average molecular weight is 378 g/mol. The first-order chi connectivity index (χ1) is 13.5. The lowest BCUT2D eigenvalue weighted by Crippen LogP contribution is -2.10. The number of fused-ring (bicyclic) bond motifs is 1. The number of methoxy groups -OCH3 is 1. The minimum Gasteiger partial charge on any atom is -0.465 e. The van der Waals surface area contributed by atoms with Crippen molar-refractivity contribution in [1.29, 1.82) is 0 Å². The topological polar surface area (TPSA) is 78.9 Å². The number of esters is 2. The summed E-state index contributed by atoms with van der Waals surface area (Å²) in [7, 11) is 1.32. The molecule has 0 radical (unpaired) electrons. The largest absolute Gasteiger partial charge is 0.465 e. The van der Waals surface area contributed by atoms with Gasteiger partial charge in [-0.15, -0.1) is 0 Å². The predicted octanol–water partition coefficient (Wildman–Crippen LogP) is 3.71. The number of carbonyl (C=O) groups is 3. The SMILES string of the molecule is COC(=O)c1ccc(/C=C2\Oc3c(ccc(OC(=O)C4CC4)c3C)C2=O)cc1. The summed E-state index contributed by atoms with van der Waals surface area (Å²) in [5.74, 6) is 0.0663. The van der Waals surface area contributed by atoms with Crippen molar-refractivity contribution in [2.75, 3.05) is 7.11 Å². The molecular formula is C22H18O6. The van der Waals surface area contributed by atoms with Crippen molar-refractivity contribution in [3.63, 3.8) is 0 Å². The van der Waals surface area contributed by atoms with E-state index in [1.54, 1.807) is 49.4 Å². The molecule has 0 spiro atoms. The highest BCUT2D eigenvalue weighted by Gasteiger charge is 2.34. The van der Waals surface area contributed by atoms with Gasteiger partial charge in [0.05, 0.1) is 24.2 Å². The predicted molar refractivity (Wildman–Crippen MR) is 100 cm³/mol. The van der Waals surface area contributed by atoms with Gasteiger partial charge >= 0.3 is 11.9 Å². The van der Waals surface area contributed by atoms with Gasteiger partial charge in [-0.2, -0.15) is 0 Å².